The van der Waals surface area contributed by atoms with E-state index in [2.05, 4.69) is 42.6 Å². The fraction of sp³-hybridized carbons (Fsp3) is 0.522. The smallest absolute Gasteiger partial charge is 0.224 e. The predicted molar refractivity (Wildman–Crippen MR) is 110 cm³/mol. The molecule has 1 aliphatic rings. The topological polar surface area (TPSA) is 64.0 Å². The number of fused-ring (bicyclic) bond motifs is 1. The van der Waals surface area contributed by atoms with Gasteiger partial charge in [0, 0.05) is 36.1 Å². The number of hydrogen-bond acceptors (Lipinski definition) is 3. The summed E-state index contributed by atoms with van der Waals surface area (Å²) >= 11 is 0. The predicted octanol–water partition coefficient (Wildman–Crippen LogP) is 3.86. The van der Waals surface area contributed by atoms with Crippen molar-refractivity contribution in [1.82, 2.24) is 14.9 Å². The number of aromatic nitrogens is 2. The van der Waals surface area contributed by atoms with Gasteiger partial charge in [-0.3, -0.25) is 14.6 Å². The van der Waals surface area contributed by atoms with E-state index in [0.29, 0.717) is 18.9 Å². The van der Waals surface area contributed by atoms with Crippen LogP contribution in [0.5, 0.6) is 0 Å². The molecule has 0 bridgehead atoms. The molecule has 1 amide bonds. The van der Waals surface area contributed by atoms with Crippen LogP contribution >= 0.6 is 0 Å². The number of Topliss-reactive ketones (excluding diaryl/α,β-unsaturated/α-hetero) is 1. The van der Waals surface area contributed by atoms with E-state index in [9.17, 15) is 9.59 Å². The minimum atomic E-state index is -0.0733. The van der Waals surface area contributed by atoms with Crippen LogP contribution in [0, 0.1) is 18.3 Å². The van der Waals surface area contributed by atoms with Gasteiger partial charge in [-0.2, -0.15) is 0 Å². The minimum Gasteiger partial charge on any atom is -0.350 e. The van der Waals surface area contributed by atoms with Gasteiger partial charge in [-0.15, -0.1) is 0 Å². The molecule has 1 aliphatic carbocycles. The lowest BCUT2D eigenvalue weighted by Gasteiger charge is -2.30. The Morgan fingerprint density at radius 3 is 2.68 bits per heavy atom. The maximum absolute atomic E-state index is 13.0. The summed E-state index contributed by atoms with van der Waals surface area (Å²) in [4.78, 5) is 29.8. The number of amides is 1. The Balaban J connectivity index is 1.87. The van der Waals surface area contributed by atoms with E-state index in [4.69, 9.17) is 0 Å². The van der Waals surface area contributed by atoms with Crippen molar-refractivity contribution >= 4 is 11.7 Å². The van der Waals surface area contributed by atoms with E-state index < -0.39 is 0 Å². The Labute approximate surface area is 167 Å². The van der Waals surface area contributed by atoms with Crippen molar-refractivity contribution in [2.24, 2.45) is 11.3 Å². The highest BCUT2D eigenvalue weighted by molar-refractivity contribution is 6.01. The molecule has 0 unspecified atom stereocenters. The first kappa shape index (κ1) is 20.3. The quantitative estimate of drug-likeness (QED) is 0.826. The van der Waals surface area contributed by atoms with Crippen LogP contribution in [0.15, 0.2) is 24.4 Å². The van der Waals surface area contributed by atoms with E-state index in [-0.39, 0.29) is 23.5 Å². The molecule has 2 heterocycles. The third-order valence-electron chi connectivity index (χ3n) is 5.40. The van der Waals surface area contributed by atoms with Crippen molar-refractivity contribution in [2.75, 3.05) is 0 Å². The summed E-state index contributed by atoms with van der Waals surface area (Å²) in [5.41, 5.74) is 4.64. The number of carbonyl (C=O) groups excluding carboxylic acids is 2. The van der Waals surface area contributed by atoms with E-state index in [0.717, 1.165) is 41.2 Å². The summed E-state index contributed by atoms with van der Waals surface area (Å²) in [7, 11) is 0. The second-order valence-electron chi connectivity index (χ2n) is 9.11. The van der Waals surface area contributed by atoms with E-state index >= 15 is 0 Å². The Morgan fingerprint density at radius 1 is 1.29 bits per heavy atom. The number of rotatable bonds is 6. The van der Waals surface area contributed by atoms with Gasteiger partial charge < -0.3 is 9.88 Å². The van der Waals surface area contributed by atoms with Crippen LogP contribution in [0.4, 0.5) is 0 Å². The van der Waals surface area contributed by atoms with Crippen LogP contribution in [-0.2, 0) is 30.7 Å². The first-order valence-electron chi connectivity index (χ1n) is 10.1. The summed E-state index contributed by atoms with van der Waals surface area (Å²) in [6.07, 6.45) is 3.36. The molecule has 0 radical (unpaired) electrons. The molecule has 0 fully saturated rings. The SMILES string of the molecule is Cc1c(CC(=O)NCc2ccccn2)c2c(n1CC(C)C)CC(C)(C)CC2=O. The summed E-state index contributed by atoms with van der Waals surface area (Å²) < 4.78 is 2.28. The molecule has 0 aliphatic heterocycles. The molecule has 5 nitrogen and oxygen atoms in total. The van der Waals surface area contributed by atoms with Crippen molar-refractivity contribution < 1.29 is 9.59 Å². The van der Waals surface area contributed by atoms with Gasteiger partial charge in [0.15, 0.2) is 5.78 Å². The molecule has 5 heteroatoms. The van der Waals surface area contributed by atoms with Crippen LogP contribution in [0.25, 0.3) is 0 Å². The average Bonchev–Trinajstić information content (AvgIpc) is 2.85. The Bertz CT molecular complexity index is 879. The molecule has 3 rings (SSSR count). The van der Waals surface area contributed by atoms with Crippen molar-refractivity contribution in [3.05, 3.63) is 52.6 Å². The molecule has 1 N–H and O–H groups in total. The summed E-state index contributed by atoms with van der Waals surface area (Å²) in [6, 6.07) is 5.64. The third kappa shape index (κ3) is 4.34. The summed E-state index contributed by atoms with van der Waals surface area (Å²) in [5, 5.41) is 2.94. The molecule has 0 aromatic carbocycles. The van der Waals surface area contributed by atoms with Crippen molar-refractivity contribution in [3.8, 4) is 0 Å². The summed E-state index contributed by atoms with van der Waals surface area (Å²) in [6.45, 7) is 12.0. The average molecular weight is 382 g/mol. The van der Waals surface area contributed by atoms with Gasteiger partial charge in [-0.25, -0.2) is 0 Å². The largest absolute Gasteiger partial charge is 0.350 e. The van der Waals surface area contributed by atoms with Crippen LogP contribution in [-0.4, -0.2) is 21.2 Å². The molecule has 0 spiro atoms. The van der Waals surface area contributed by atoms with Gasteiger partial charge in [0.25, 0.3) is 0 Å². The van der Waals surface area contributed by atoms with Crippen LogP contribution < -0.4 is 5.32 Å². The lowest BCUT2D eigenvalue weighted by atomic mass is 9.75. The molecule has 0 atom stereocenters. The van der Waals surface area contributed by atoms with Gasteiger partial charge in [-0.1, -0.05) is 33.8 Å². The second-order valence-corrected chi connectivity index (χ2v) is 9.11. The molecule has 0 saturated carbocycles. The van der Waals surface area contributed by atoms with E-state index in [1.807, 2.05) is 25.1 Å². The fourth-order valence-electron chi connectivity index (χ4n) is 4.15. The lowest BCUT2D eigenvalue weighted by Crippen LogP contribution is -2.29. The normalized spacial score (nSPS) is 15.6. The highest BCUT2D eigenvalue weighted by atomic mass is 16.1. The number of hydrogen-bond donors (Lipinski definition) is 1. The van der Waals surface area contributed by atoms with Crippen LogP contribution in [0.2, 0.25) is 0 Å². The van der Waals surface area contributed by atoms with Crippen molar-refractivity contribution in [1.29, 1.82) is 0 Å². The number of pyridine rings is 1. The van der Waals surface area contributed by atoms with E-state index in [1.165, 1.54) is 0 Å². The second kappa shape index (κ2) is 7.90. The van der Waals surface area contributed by atoms with Crippen LogP contribution in [0.1, 0.15) is 67.1 Å². The minimum absolute atomic E-state index is 0.0396. The Morgan fingerprint density at radius 2 is 2.04 bits per heavy atom. The van der Waals surface area contributed by atoms with Gasteiger partial charge in [0.05, 0.1) is 18.7 Å². The first-order chi connectivity index (χ1) is 13.2. The van der Waals surface area contributed by atoms with Gasteiger partial charge in [0.2, 0.25) is 5.91 Å². The van der Waals surface area contributed by atoms with E-state index in [1.54, 1.807) is 6.20 Å². The summed E-state index contributed by atoms with van der Waals surface area (Å²) in [5.74, 6) is 0.571. The number of nitrogens with one attached hydrogen (secondary N) is 1. The van der Waals surface area contributed by atoms with Crippen molar-refractivity contribution in [2.45, 2.75) is 67.0 Å². The zero-order valence-electron chi connectivity index (χ0n) is 17.6. The number of carbonyl (C=O) groups is 2. The lowest BCUT2D eigenvalue weighted by molar-refractivity contribution is -0.120. The number of nitrogens with zero attached hydrogens (tertiary/aromatic N) is 2. The zero-order valence-corrected chi connectivity index (χ0v) is 17.6. The molecular weight excluding hydrogens is 350 g/mol. The molecular formula is C23H31N3O2. The monoisotopic (exact) mass is 381 g/mol. The van der Waals surface area contributed by atoms with Crippen molar-refractivity contribution in [3.63, 3.8) is 0 Å². The molecule has 0 saturated heterocycles. The van der Waals surface area contributed by atoms with Gasteiger partial charge >= 0.3 is 0 Å². The molecule has 2 aromatic heterocycles. The standard InChI is InChI=1S/C23H31N3O2/c1-15(2)14-26-16(3)18(22-19(26)11-23(4,5)12-20(22)27)10-21(28)25-13-17-8-6-7-9-24-17/h6-9,15H,10-14H2,1-5H3,(H,25,28). The maximum atomic E-state index is 13.0. The first-order valence-corrected chi connectivity index (χ1v) is 10.1. The Kier molecular flexibility index (Phi) is 5.73. The third-order valence-corrected chi connectivity index (χ3v) is 5.40. The Hall–Kier alpha value is -2.43. The molecule has 150 valence electrons. The zero-order chi connectivity index (χ0) is 20.5. The highest BCUT2D eigenvalue weighted by Crippen LogP contribution is 2.39. The number of ketones is 1. The molecule has 2 aromatic rings. The van der Waals surface area contributed by atoms with Gasteiger partial charge in [-0.05, 0) is 42.4 Å². The molecule has 28 heavy (non-hydrogen) atoms. The van der Waals surface area contributed by atoms with Crippen LogP contribution in [0.3, 0.4) is 0 Å². The van der Waals surface area contributed by atoms with Gasteiger partial charge in [0.1, 0.15) is 0 Å². The highest BCUT2D eigenvalue weighted by Gasteiger charge is 2.37. The maximum Gasteiger partial charge on any atom is 0.224 e. The fourth-order valence-corrected chi connectivity index (χ4v) is 4.15.